The van der Waals surface area contributed by atoms with Crippen molar-refractivity contribution in [3.8, 4) is 0 Å². The van der Waals surface area contributed by atoms with Crippen molar-refractivity contribution in [1.82, 2.24) is 9.88 Å². The molecule has 0 saturated carbocycles. The van der Waals surface area contributed by atoms with E-state index >= 15 is 0 Å². The second kappa shape index (κ2) is 6.70. The minimum absolute atomic E-state index is 0.155. The van der Waals surface area contributed by atoms with Gasteiger partial charge in [0.1, 0.15) is 0 Å². The van der Waals surface area contributed by atoms with E-state index in [4.69, 9.17) is 4.74 Å². The van der Waals surface area contributed by atoms with Gasteiger partial charge >= 0.3 is 0 Å². The molecule has 2 rings (SSSR count). The van der Waals surface area contributed by atoms with Gasteiger partial charge in [0.2, 0.25) is 0 Å². The fourth-order valence-corrected chi connectivity index (χ4v) is 2.53. The van der Waals surface area contributed by atoms with Crippen LogP contribution in [0.25, 0.3) is 0 Å². The van der Waals surface area contributed by atoms with E-state index in [0.29, 0.717) is 13.2 Å². The molecule has 1 N–H and O–H groups in total. The predicted molar refractivity (Wildman–Crippen MR) is 80.1 cm³/mol. The molecule has 6 nitrogen and oxygen atoms in total. The molecule has 0 spiro atoms. The van der Waals surface area contributed by atoms with Gasteiger partial charge in [-0.1, -0.05) is 13.8 Å². The van der Waals surface area contributed by atoms with Crippen molar-refractivity contribution in [2.75, 3.05) is 20.3 Å². The number of pyridine rings is 1. The zero-order valence-electron chi connectivity index (χ0n) is 12.9. The SMILES string of the molecule is COCCN1C(=O)C(O)=C(C(=O)C(C)C)C1c1ccncc1. The third kappa shape index (κ3) is 2.87. The first-order valence-corrected chi connectivity index (χ1v) is 7.16. The van der Waals surface area contributed by atoms with Crippen molar-refractivity contribution >= 4 is 11.7 Å². The smallest absolute Gasteiger partial charge is 0.290 e. The van der Waals surface area contributed by atoms with Gasteiger partial charge in [0.25, 0.3) is 5.91 Å². The molecule has 0 fully saturated rings. The maximum absolute atomic E-state index is 12.5. The molecule has 22 heavy (non-hydrogen) atoms. The molecule has 1 aliphatic rings. The molecule has 1 amide bonds. The number of aliphatic hydroxyl groups excluding tert-OH is 1. The standard InChI is InChI=1S/C16H20N2O4/c1-10(2)14(19)12-13(11-4-6-17-7-5-11)18(8-9-22-3)16(21)15(12)20/h4-7,10,13,20H,8-9H2,1-3H3. The lowest BCUT2D eigenvalue weighted by molar-refractivity contribution is -0.130. The Morgan fingerprint density at radius 1 is 1.41 bits per heavy atom. The highest BCUT2D eigenvalue weighted by Gasteiger charge is 2.43. The zero-order chi connectivity index (χ0) is 16.3. The van der Waals surface area contributed by atoms with Crippen molar-refractivity contribution < 1.29 is 19.4 Å². The fraction of sp³-hybridized carbons (Fsp3) is 0.438. The lowest BCUT2D eigenvalue weighted by Gasteiger charge is -2.26. The molecule has 1 atom stereocenters. The number of Topliss-reactive ketones (excluding diaryl/α,β-unsaturated/α-hetero) is 1. The monoisotopic (exact) mass is 304 g/mol. The fourth-order valence-electron chi connectivity index (χ4n) is 2.53. The quantitative estimate of drug-likeness (QED) is 0.864. The van der Waals surface area contributed by atoms with Crippen LogP contribution in [0.3, 0.4) is 0 Å². The Bertz CT molecular complexity index is 595. The Balaban J connectivity index is 2.48. The Morgan fingerprint density at radius 3 is 2.59 bits per heavy atom. The van der Waals surface area contributed by atoms with E-state index in [0.717, 1.165) is 5.56 Å². The average molecular weight is 304 g/mol. The topological polar surface area (TPSA) is 79.7 Å². The number of amides is 1. The number of carbonyl (C=O) groups is 2. The number of aliphatic hydroxyl groups is 1. The van der Waals surface area contributed by atoms with E-state index in [1.165, 1.54) is 12.0 Å². The molecular weight excluding hydrogens is 284 g/mol. The van der Waals surface area contributed by atoms with E-state index < -0.39 is 17.7 Å². The molecular formula is C16H20N2O4. The average Bonchev–Trinajstić information content (AvgIpc) is 2.77. The van der Waals surface area contributed by atoms with Gasteiger partial charge in [-0.15, -0.1) is 0 Å². The van der Waals surface area contributed by atoms with Gasteiger partial charge in [0.05, 0.1) is 18.2 Å². The van der Waals surface area contributed by atoms with Crippen LogP contribution >= 0.6 is 0 Å². The van der Waals surface area contributed by atoms with Gasteiger partial charge in [-0.3, -0.25) is 14.6 Å². The van der Waals surface area contributed by atoms with E-state index in [9.17, 15) is 14.7 Å². The molecule has 0 aromatic carbocycles. The van der Waals surface area contributed by atoms with Crippen LogP contribution in [0.1, 0.15) is 25.5 Å². The Hall–Kier alpha value is -2.21. The van der Waals surface area contributed by atoms with Crippen LogP contribution in [0, 0.1) is 5.92 Å². The number of nitrogens with zero attached hydrogens (tertiary/aromatic N) is 2. The Morgan fingerprint density at radius 2 is 2.05 bits per heavy atom. The summed E-state index contributed by atoms with van der Waals surface area (Å²) >= 11 is 0. The van der Waals surface area contributed by atoms with Crippen molar-refractivity contribution in [3.63, 3.8) is 0 Å². The first kappa shape index (κ1) is 16.2. The second-order valence-electron chi connectivity index (χ2n) is 5.46. The van der Waals surface area contributed by atoms with E-state index in [-0.39, 0.29) is 17.3 Å². The highest BCUT2D eigenvalue weighted by molar-refractivity contribution is 6.09. The predicted octanol–water partition coefficient (Wildman–Crippen LogP) is 1.65. The van der Waals surface area contributed by atoms with Crippen molar-refractivity contribution in [3.05, 3.63) is 41.4 Å². The summed E-state index contributed by atoms with van der Waals surface area (Å²) in [6.45, 7) is 4.11. The van der Waals surface area contributed by atoms with Crippen LogP contribution in [0.2, 0.25) is 0 Å². The van der Waals surface area contributed by atoms with Gasteiger partial charge in [0.15, 0.2) is 11.5 Å². The Kier molecular flexibility index (Phi) is 4.92. The van der Waals surface area contributed by atoms with Crippen LogP contribution in [0.15, 0.2) is 35.9 Å². The number of ether oxygens (including phenoxy) is 1. The summed E-state index contributed by atoms with van der Waals surface area (Å²) in [6, 6.07) is 2.88. The summed E-state index contributed by atoms with van der Waals surface area (Å²) in [4.78, 5) is 30.2. The third-order valence-electron chi connectivity index (χ3n) is 3.65. The number of hydrogen-bond donors (Lipinski definition) is 1. The molecule has 0 radical (unpaired) electrons. The summed E-state index contributed by atoms with van der Waals surface area (Å²) in [5.74, 6) is -1.54. The zero-order valence-corrected chi connectivity index (χ0v) is 12.9. The van der Waals surface area contributed by atoms with Crippen LogP contribution in [0.5, 0.6) is 0 Å². The molecule has 1 aromatic heterocycles. The molecule has 0 aliphatic carbocycles. The van der Waals surface area contributed by atoms with Crippen molar-refractivity contribution in [2.24, 2.45) is 5.92 Å². The molecule has 1 aliphatic heterocycles. The lowest BCUT2D eigenvalue weighted by Crippen LogP contribution is -2.34. The van der Waals surface area contributed by atoms with Crippen LogP contribution < -0.4 is 0 Å². The molecule has 2 heterocycles. The molecule has 6 heteroatoms. The van der Waals surface area contributed by atoms with Crippen molar-refractivity contribution in [2.45, 2.75) is 19.9 Å². The summed E-state index contributed by atoms with van der Waals surface area (Å²) < 4.78 is 5.02. The number of aromatic nitrogens is 1. The van der Waals surface area contributed by atoms with Crippen LogP contribution in [-0.2, 0) is 14.3 Å². The molecule has 0 saturated heterocycles. The van der Waals surface area contributed by atoms with Gasteiger partial charge < -0.3 is 14.7 Å². The molecule has 1 aromatic rings. The lowest BCUT2D eigenvalue weighted by atomic mass is 9.92. The van der Waals surface area contributed by atoms with Crippen molar-refractivity contribution in [1.29, 1.82) is 0 Å². The van der Waals surface area contributed by atoms with Crippen LogP contribution in [0.4, 0.5) is 0 Å². The number of methoxy groups -OCH3 is 1. The molecule has 118 valence electrons. The summed E-state index contributed by atoms with van der Waals surface area (Å²) in [7, 11) is 1.54. The van der Waals surface area contributed by atoms with E-state index in [1.54, 1.807) is 38.4 Å². The second-order valence-corrected chi connectivity index (χ2v) is 5.46. The maximum Gasteiger partial charge on any atom is 0.290 e. The van der Waals surface area contributed by atoms with E-state index in [1.807, 2.05) is 0 Å². The highest BCUT2D eigenvalue weighted by atomic mass is 16.5. The van der Waals surface area contributed by atoms with Gasteiger partial charge in [0, 0.05) is 32.0 Å². The van der Waals surface area contributed by atoms with E-state index in [2.05, 4.69) is 4.98 Å². The first-order valence-electron chi connectivity index (χ1n) is 7.16. The van der Waals surface area contributed by atoms with Gasteiger partial charge in [-0.2, -0.15) is 0 Å². The van der Waals surface area contributed by atoms with Gasteiger partial charge in [-0.05, 0) is 17.7 Å². The number of rotatable bonds is 6. The Labute approximate surface area is 129 Å². The minimum Gasteiger partial charge on any atom is -0.503 e. The molecule has 1 unspecified atom stereocenters. The third-order valence-corrected chi connectivity index (χ3v) is 3.65. The highest BCUT2D eigenvalue weighted by Crippen LogP contribution is 2.38. The summed E-state index contributed by atoms with van der Waals surface area (Å²) in [6.07, 6.45) is 3.20. The minimum atomic E-state index is -0.597. The normalized spacial score (nSPS) is 18.5. The summed E-state index contributed by atoms with van der Waals surface area (Å²) in [5, 5.41) is 10.2. The van der Waals surface area contributed by atoms with Crippen LogP contribution in [-0.4, -0.2) is 46.9 Å². The largest absolute Gasteiger partial charge is 0.503 e. The number of ketones is 1. The van der Waals surface area contributed by atoms with Gasteiger partial charge in [-0.25, -0.2) is 0 Å². The molecule has 0 bridgehead atoms. The number of hydrogen-bond acceptors (Lipinski definition) is 5. The maximum atomic E-state index is 12.5. The number of carbonyl (C=O) groups excluding carboxylic acids is 2. The summed E-state index contributed by atoms with van der Waals surface area (Å²) in [5.41, 5.74) is 0.898. The first-order chi connectivity index (χ1) is 10.5.